The molecular formula is C46H30N4. The largest absolute Gasteiger partial charge is 0.315 e. The van der Waals surface area contributed by atoms with Crippen molar-refractivity contribution in [2.24, 2.45) is 0 Å². The van der Waals surface area contributed by atoms with Gasteiger partial charge in [0, 0.05) is 67.5 Å². The molecule has 7 aromatic carbocycles. The van der Waals surface area contributed by atoms with Crippen molar-refractivity contribution >= 4 is 65.4 Å². The molecule has 0 N–H and O–H groups in total. The third-order valence-electron chi connectivity index (χ3n) is 10.4. The van der Waals surface area contributed by atoms with Crippen LogP contribution in [0.25, 0.3) is 88.2 Å². The normalized spacial score (nSPS) is 12.0. The van der Waals surface area contributed by atoms with Crippen LogP contribution in [0.5, 0.6) is 0 Å². The predicted octanol–water partition coefficient (Wildman–Crippen LogP) is 11.8. The van der Waals surface area contributed by atoms with Crippen molar-refractivity contribution in [2.75, 3.05) is 0 Å². The van der Waals surface area contributed by atoms with E-state index >= 15 is 0 Å². The molecule has 0 amide bonds. The molecule has 0 aliphatic rings. The molecule has 0 fully saturated rings. The minimum absolute atomic E-state index is 1.13. The van der Waals surface area contributed by atoms with Crippen molar-refractivity contribution in [3.8, 4) is 22.7 Å². The molecule has 4 heterocycles. The van der Waals surface area contributed by atoms with Gasteiger partial charge >= 0.3 is 0 Å². The Balaban J connectivity index is 1.03. The van der Waals surface area contributed by atoms with Gasteiger partial charge in [-0.15, -0.1) is 0 Å². The second-order valence-corrected chi connectivity index (χ2v) is 13.1. The van der Waals surface area contributed by atoms with Gasteiger partial charge in [-0.1, -0.05) is 84.9 Å². The van der Waals surface area contributed by atoms with Crippen molar-refractivity contribution in [2.45, 2.75) is 0 Å². The highest BCUT2D eigenvalue weighted by Gasteiger charge is 2.16. The summed E-state index contributed by atoms with van der Waals surface area (Å²) in [6, 6.07) is 61.5. The lowest BCUT2D eigenvalue weighted by Gasteiger charge is -2.13. The Morgan fingerprint density at radius 3 is 0.900 bits per heavy atom. The van der Waals surface area contributed by atoms with E-state index in [4.69, 9.17) is 0 Å². The molecule has 4 aromatic heterocycles. The van der Waals surface area contributed by atoms with E-state index in [1.54, 1.807) is 0 Å². The molecule has 4 nitrogen and oxygen atoms in total. The van der Waals surface area contributed by atoms with Crippen LogP contribution in [0, 0.1) is 0 Å². The molecule has 0 saturated carbocycles. The minimum atomic E-state index is 1.13. The van der Waals surface area contributed by atoms with Gasteiger partial charge in [-0.05, 0) is 84.9 Å². The summed E-state index contributed by atoms with van der Waals surface area (Å²) in [5, 5.41) is 7.52. The second-order valence-electron chi connectivity index (χ2n) is 13.1. The number of rotatable bonds is 4. The maximum atomic E-state index is 2.37. The van der Waals surface area contributed by atoms with Crippen LogP contribution >= 0.6 is 0 Å². The Bertz CT molecular complexity index is 2760. The van der Waals surface area contributed by atoms with E-state index in [2.05, 4.69) is 201 Å². The van der Waals surface area contributed by atoms with E-state index in [9.17, 15) is 0 Å². The zero-order chi connectivity index (χ0) is 32.8. The fraction of sp³-hybridized carbons (Fsp3) is 0. The van der Waals surface area contributed by atoms with Gasteiger partial charge in [0.2, 0.25) is 0 Å². The minimum Gasteiger partial charge on any atom is -0.315 e. The molecule has 4 heteroatoms. The van der Waals surface area contributed by atoms with Gasteiger partial charge in [0.25, 0.3) is 0 Å². The Morgan fingerprint density at radius 1 is 0.260 bits per heavy atom. The van der Waals surface area contributed by atoms with Crippen LogP contribution in [0.15, 0.2) is 182 Å². The van der Waals surface area contributed by atoms with E-state index in [1.807, 2.05) is 0 Å². The first-order chi connectivity index (χ1) is 24.8. The number of para-hydroxylation sites is 4. The van der Waals surface area contributed by atoms with Crippen LogP contribution < -0.4 is 0 Å². The van der Waals surface area contributed by atoms with Crippen LogP contribution in [0.1, 0.15) is 0 Å². The standard InChI is InChI=1S/C46H30N4/c1-5-13-41-37(9-1)38-10-2-6-14-42(38)49(41)35-23-19-33(20-24-35)47-29-27-31-17-18-32-28-30-48(46(32)45(31)47)34-21-25-36(26-22-34)50-43-15-7-3-11-39(43)40-12-4-8-16-44(40)50/h1-30H. The third kappa shape index (κ3) is 3.81. The van der Waals surface area contributed by atoms with E-state index in [0.29, 0.717) is 0 Å². The topological polar surface area (TPSA) is 19.7 Å². The molecule has 0 saturated heterocycles. The maximum Gasteiger partial charge on any atom is 0.0777 e. The molecule has 11 aromatic rings. The molecule has 0 unspecified atom stereocenters. The summed E-state index contributed by atoms with van der Waals surface area (Å²) < 4.78 is 9.40. The number of fused-ring (bicyclic) bond motifs is 9. The molecule has 0 bridgehead atoms. The van der Waals surface area contributed by atoms with Crippen LogP contribution in [-0.2, 0) is 0 Å². The first kappa shape index (κ1) is 27.2. The van der Waals surface area contributed by atoms with Crippen molar-refractivity contribution < 1.29 is 0 Å². The molecule has 0 atom stereocenters. The average molecular weight is 639 g/mol. The maximum absolute atomic E-state index is 2.37. The summed E-state index contributed by atoms with van der Waals surface area (Å²) >= 11 is 0. The molecule has 0 spiro atoms. The average Bonchev–Trinajstić information content (AvgIpc) is 3.96. The first-order valence-corrected chi connectivity index (χ1v) is 17.1. The van der Waals surface area contributed by atoms with Gasteiger partial charge in [0.05, 0.1) is 33.1 Å². The van der Waals surface area contributed by atoms with Gasteiger partial charge in [-0.2, -0.15) is 0 Å². The number of hydrogen-bond acceptors (Lipinski definition) is 0. The van der Waals surface area contributed by atoms with Crippen LogP contribution in [0.4, 0.5) is 0 Å². The number of benzene rings is 7. The summed E-state index contributed by atoms with van der Waals surface area (Å²) in [5.74, 6) is 0. The Kier molecular flexibility index (Phi) is 5.63. The summed E-state index contributed by atoms with van der Waals surface area (Å²) in [5.41, 5.74) is 11.8. The van der Waals surface area contributed by atoms with Gasteiger partial charge < -0.3 is 18.3 Å². The van der Waals surface area contributed by atoms with Crippen molar-refractivity contribution in [3.63, 3.8) is 0 Å². The Hall–Kier alpha value is -6.78. The molecule has 50 heavy (non-hydrogen) atoms. The molecule has 0 aliphatic carbocycles. The van der Waals surface area contributed by atoms with E-state index < -0.39 is 0 Å². The Morgan fingerprint density at radius 2 is 0.560 bits per heavy atom. The quantitative estimate of drug-likeness (QED) is 0.183. The van der Waals surface area contributed by atoms with E-state index in [-0.39, 0.29) is 0 Å². The van der Waals surface area contributed by atoms with Crippen LogP contribution in [0.2, 0.25) is 0 Å². The summed E-state index contributed by atoms with van der Waals surface area (Å²) in [4.78, 5) is 0. The third-order valence-corrected chi connectivity index (χ3v) is 10.4. The zero-order valence-corrected chi connectivity index (χ0v) is 27.1. The molecule has 0 aliphatic heterocycles. The van der Waals surface area contributed by atoms with Gasteiger partial charge in [0.1, 0.15) is 0 Å². The monoisotopic (exact) mass is 638 g/mol. The van der Waals surface area contributed by atoms with Crippen molar-refractivity contribution in [3.05, 3.63) is 182 Å². The van der Waals surface area contributed by atoms with Crippen LogP contribution in [0.3, 0.4) is 0 Å². The lowest BCUT2D eigenvalue weighted by atomic mass is 10.2. The van der Waals surface area contributed by atoms with Gasteiger partial charge in [-0.3, -0.25) is 0 Å². The van der Waals surface area contributed by atoms with Crippen LogP contribution in [-0.4, -0.2) is 18.3 Å². The summed E-state index contributed by atoms with van der Waals surface area (Å²) in [6.07, 6.45) is 4.39. The highest BCUT2D eigenvalue weighted by molar-refractivity contribution is 6.10. The summed E-state index contributed by atoms with van der Waals surface area (Å²) in [7, 11) is 0. The van der Waals surface area contributed by atoms with Gasteiger partial charge in [-0.25, -0.2) is 0 Å². The summed E-state index contributed by atoms with van der Waals surface area (Å²) in [6.45, 7) is 0. The number of aromatic nitrogens is 4. The van der Waals surface area contributed by atoms with E-state index in [0.717, 1.165) is 22.7 Å². The molecule has 234 valence electrons. The zero-order valence-electron chi connectivity index (χ0n) is 27.1. The van der Waals surface area contributed by atoms with Crippen molar-refractivity contribution in [1.29, 1.82) is 0 Å². The molecular weight excluding hydrogens is 609 g/mol. The number of hydrogen-bond donors (Lipinski definition) is 0. The highest BCUT2D eigenvalue weighted by atomic mass is 15.0. The smallest absolute Gasteiger partial charge is 0.0777 e. The predicted molar refractivity (Wildman–Crippen MR) is 209 cm³/mol. The fourth-order valence-electron chi connectivity index (χ4n) is 8.20. The fourth-order valence-corrected chi connectivity index (χ4v) is 8.20. The Labute approximate surface area is 287 Å². The second kappa shape index (κ2) is 10.4. The first-order valence-electron chi connectivity index (χ1n) is 17.1. The van der Waals surface area contributed by atoms with E-state index in [1.165, 1.54) is 65.4 Å². The SMILES string of the molecule is c1ccc2c(c1)c1ccccc1n2-c1ccc(-n2ccc3ccc4ccn(-c5ccc(-n6c7ccccc7c7ccccc76)cc5)c4c32)cc1. The van der Waals surface area contributed by atoms with Crippen molar-refractivity contribution in [1.82, 2.24) is 18.3 Å². The lowest BCUT2D eigenvalue weighted by molar-refractivity contribution is 1.09. The highest BCUT2D eigenvalue weighted by Crippen LogP contribution is 2.36. The molecule has 0 radical (unpaired) electrons. The lowest BCUT2D eigenvalue weighted by Crippen LogP contribution is -1.99. The van der Waals surface area contributed by atoms with Gasteiger partial charge in [0.15, 0.2) is 0 Å². The number of nitrogens with zero attached hydrogens (tertiary/aromatic N) is 4. The molecule has 11 rings (SSSR count).